The SMILES string of the molecule is O=C1c2ccccc2C(=O)N1c1ccc(C2CC=CO2)cc1. The lowest BCUT2D eigenvalue weighted by atomic mass is 10.1. The Hall–Kier alpha value is -2.88. The molecule has 1 unspecified atom stereocenters. The number of hydrogen-bond donors (Lipinski definition) is 0. The van der Waals surface area contributed by atoms with E-state index in [9.17, 15) is 9.59 Å². The maximum atomic E-state index is 12.4. The zero-order valence-corrected chi connectivity index (χ0v) is 11.7. The van der Waals surface area contributed by atoms with Crippen molar-refractivity contribution in [2.75, 3.05) is 4.90 Å². The number of ether oxygens (including phenoxy) is 1. The van der Waals surface area contributed by atoms with Gasteiger partial charge in [0, 0.05) is 6.42 Å². The van der Waals surface area contributed by atoms with Crippen molar-refractivity contribution in [3.8, 4) is 0 Å². The van der Waals surface area contributed by atoms with E-state index >= 15 is 0 Å². The maximum Gasteiger partial charge on any atom is 0.266 e. The predicted octanol–water partition coefficient (Wildman–Crippen LogP) is 3.46. The largest absolute Gasteiger partial charge is 0.493 e. The second-order valence-electron chi connectivity index (χ2n) is 5.32. The minimum absolute atomic E-state index is 0.0243. The first-order chi connectivity index (χ1) is 10.8. The molecule has 2 heterocycles. The van der Waals surface area contributed by atoms with Crippen molar-refractivity contribution in [1.82, 2.24) is 0 Å². The first-order valence-corrected chi connectivity index (χ1v) is 7.14. The molecule has 0 fully saturated rings. The summed E-state index contributed by atoms with van der Waals surface area (Å²) in [5.41, 5.74) is 2.53. The third kappa shape index (κ3) is 1.84. The minimum atomic E-state index is -0.271. The monoisotopic (exact) mass is 291 g/mol. The van der Waals surface area contributed by atoms with E-state index in [0.29, 0.717) is 16.8 Å². The van der Waals surface area contributed by atoms with Crippen LogP contribution in [-0.4, -0.2) is 11.8 Å². The summed E-state index contributed by atoms with van der Waals surface area (Å²) in [5.74, 6) is -0.542. The summed E-state index contributed by atoms with van der Waals surface area (Å²) >= 11 is 0. The van der Waals surface area contributed by atoms with Crippen molar-refractivity contribution < 1.29 is 14.3 Å². The van der Waals surface area contributed by atoms with Gasteiger partial charge in [-0.15, -0.1) is 0 Å². The molecule has 2 aromatic carbocycles. The molecule has 4 rings (SSSR count). The number of anilines is 1. The van der Waals surface area contributed by atoms with Gasteiger partial charge in [0.1, 0.15) is 6.10 Å². The Morgan fingerprint density at radius 1 is 0.909 bits per heavy atom. The number of carbonyl (C=O) groups excluding carboxylic acids is 2. The summed E-state index contributed by atoms with van der Waals surface area (Å²) in [6.07, 6.45) is 4.54. The Morgan fingerprint density at radius 3 is 2.09 bits per heavy atom. The third-order valence-electron chi connectivity index (χ3n) is 4.01. The highest BCUT2D eigenvalue weighted by Gasteiger charge is 2.36. The number of hydrogen-bond acceptors (Lipinski definition) is 3. The zero-order chi connectivity index (χ0) is 15.1. The molecule has 0 spiro atoms. The molecule has 0 N–H and O–H groups in total. The standard InChI is InChI=1S/C18H13NO3/c20-17-14-4-1-2-5-15(14)18(21)19(17)13-9-7-12(8-10-13)16-6-3-11-22-16/h1-5,7-11,16H,6H2. The van der Waals surface area contributed by atoms with Gasteiger partial charge in [0.15, 0.2) is 0 Å². The van der Waals surface area contributed by atoms with Crippen molar-refractivity contribution in [3.05, 3.63) is 77.6 Å². The van der Waals surface area contributed by atoms with Crippen molar-refractivity contribution in [3.63, 3.8) is 0 Å². The highest BCUT2D eigenvalue weighted by atomic mass is 16.5. The average molecular weight is 291 g/mol. The molecule has 4 heteroatoms. The first-order valence-electron chi connectivity index (χ1n) is 7.14. The smallest absolute Gasteiger partial charge is 0.266 e. The molecule has 0 aromatic heterocycles. The van der Waals surface area contributed by atoms with Gasteiger partial charge < -0.3 is 4.74 Å². The molecular formula is C18H13NO3. The molecular weight excluding hydrogens is 278 g/mol. The lowest BCUT2D eigenvalue weighted by Gasteiger charge is -2.16. The lowest BCUT2D eigenvalue weighted by Crippen LogP contribution is -2.29. The quantitative estimate of drug-likeness (QED) is 0.796. The van der Waals surface area contributed by atoms with Crippen molar-refractivity contribution in [1.29, 1.82) is 0 Å². The van der Waals surface area contributed by atoms with Gasteiger partial charge in [-0.25, -0.2) is 4.90 Å². The summed E-state index contributed by atoms with van der Waals surface area (Å²) in [6, 6.07) is 14.3. The second kappa shape index (κ2) is 4.84. The zero-order valence-electron chi connectivity index (χ0n) is 11.7. The van der Waals surface area contributed by atoms with Crippen LogP contribution in [0.2, 0.25) is 0 Å². The highest BCUT2D eigenvalue weighted by Crippen LogP contribution is 2.31. The van der Waals surface area contributed by atoms with Gasteiger partial charge in [0.25, 0.3) is 11.8 Å². The van der Waals surface area contributed by atoms with Crippen molar-refractivity contribution >= 4 is 17.5 Å². The van der Waals surface area contributed by atoms with Gasteiger partial charge in [-0.1, -0.05) is 24.3 Å². The Morgan fingerprint density at radius 2 is 1.55 bits per heavy atom. The first kappa shape index (κ1) is 12.8. The topological polar surface area (TPSA) is 46.6 Å². The van der Waals surface area contributed by atoms with Crippen LogP contribution >= 0.6 is 0 Å². The minimum Gasteiger partial charge on any atom is -0.493 e. The fraction of sp³-hybridized carbons (Fsp3) is 0.111. The summed E-state index contributed by atoms with van der Waals surface area (Å²) < 4.78 is 5.47. The number of rotatable bonds is 2. The van der Waals surface area contributed by atoms with E-state index in [1.165, 1.54) is 4.90 Å². The van der Waals surface area contributed by atoms with Crippen LogP contribution in [0.3, 0.4) is 0 Å². The van der Waals surface area contributed by atoms with Crippen molar-refractivity contribution in [2.45, 2.75) is 12.5 Å². The molecule has 0 saturated carbocycles. The molecule has 2 aliphatic rings. The van der Waals surface area contributed by atoms with Crippen LogP contribution in [-0.2, 0) is 4.74 Å². The molecule has 0 radical (unpaired) electrons. The normalized spacial score (nSPS) is 19.5. The number of nitrogens with zero attached hydrogens (tertiary/aromatic N) is 1. The highest BCUT2D eigenvalue weighted by molar-refractivity contribution is 6.34. The molecule has 0 aliphatic carbocycles. The second-order valence-corrected chi connectivity index (χ2v) is 5.32. The third-order valence-corrected chi connectivity index (χ3v) is 4.01. The molecule has 2 aliphatic heterocycles. The number of carbonyl (C=O) groups is 2. The van der Waals surface area contributed by atoms with Gasteiger partial charge in [-0.05, 0) is 35.9 Å². The lowest BCUT2D eigenvalue weighted by molar-refractivity contribution is 0.0926. The van der Waals surface area contributed by atoms with E-state index in [1.807, 2.05) is 18.2 Å². The molecule has 22 heavy (non-hydrogen) atoms. The van der Waals surface area contributed by atoms with Crippen LogP contribution in [0.15, 0.2) is 60.9 Å². The summed E-state index contributed by atoms with van der Waals surface area (Å²) in [5, 5.41) is 0. The summed E-state index contributed by atoms with van der Waals surface area (Å²) in [7, 11) is 0. The predicted molar refractivity (Wildman–Crippen MR) is 81.6 cm³/mol. The van der Waals surface area contributed by atoms with Crippen LogP contribution in [0, 0.1) is 0 Å². The van der Waals surface area contributed by atoms with E-state index < -0.39 is 0 Å². The van der Waals surface area contributed by atoms with E-state index in [2.05, 4.69) is 0 Å². The maximum absolute atomic E-state index is 12.4. The van der Waals surface area contributed by atoms with Gasteiger partial charge in [-0.2, -0.15) is 0 Å². The van der Waals surface area contributed by atoms with Crippen LogP contribution in [0.5, 0.6) is 0 Å². The van der Waals surface area contributed by atoms with Gasteiger partial charge in [0.05, 0.1) is 23.1 Å². The van der Waals surface area contributed by atoms with Crippen LogP contribution < -0.4 is 4.90 Å². The van der Waals surface area contributed by atoms with E-state index in [-0.39, 0.29) is 17.9 Å². The number of amides is 2. The Labute approximate surface area is 127 Å². The summed E-state index contributed by atoms with van der Waals surface area (Å²) in [4.78, 5) is 26.1. The molecule has 0 saturated heterocycles. The number of imide groups is 1. The summed E-state index contributed by atoms with van der Waals surface area (Å²) in [6.45, 7) is 0. The van der Waals surface area contributed by atoms with Crippen molar-refractivity contribution in [2.24, 2.45) is 0 Å². The van der Waals surface area contributed by atoms with E-state index in [4.69, 9.17) is 4.74 Å². The van der Waals surface area contributed by atoms with E-state index in [1.54, 1.807) is 42.7 Å². The molecule has 1 atom stereocenters. The fourth-order valence-corrected chi connectivity index (χ4v) is 2.86. The van der Waals surface area contributed by atoms with E-state index in [0.717, 1.165) is 12.0 Å². The van der Waals surface area contributed by atoms with Crippen LogP contribution in [0.25, 0.3) is 0 Å². The Kier molecular flexibility index (Phi) is 2.82. The van der Waals surface area contributed by atoms with Gasteiger partial charge in [0.2, 0.25) is 0 Å². The number of fused-ring (bicyclic) bond motifs is 1. The Bertz CT molecular complexity index is 749. The van der Waals surface area contributed by atoms with Crippen LogP contribution in [0.1, 0.15) is 38.8 Å². The number of benzene rings is 2. The average Bonchev–Trinajstić information content (AvgIpc) is 3.17. The Balaban J connectivity index is 1.66. The van der Waals surface area contributed by atoms with Gasteiger partial charge in [-0.3, -0.25) is 9.59 Å². The molecule has 2 amide bonds. The van der Waals surface area contributed by atoms with Crippen LogP contribution in [0.4, 0.5) is 5.69 Å². The van der Waals surface area contributed by atoms with Gasteiger partial charge >= 0.3 is 0 Å². The fourth-order valence-electron chi connectivity index (χ4n) is 2.86. The molecule has 4 nitrogen and oxygen atoms in total. The molecule has 108 valence electrons. The molecule has 2 aromatic rings. The molecule has 0 bridgehead atoms.